The van der Waals surface area contributed by atoms with E-state index in [0.717, 1.165) is 72.8 Å². The molecule has 3 saturated heterocycles. The van der Waals surface area contributed by atoms with Crippen LogP contribution in [0.15, 0.2) is 90.3 Å². The summed E-state index contributed by atoms with van der Waals surface area (Å²) in [6, 6.07) is 19.9. The van der Waals surface area contributed by atoms with E-state index in [0.29, 0.717) is 48.1 Å². The molecule has 3 N–H and O–H groups in total. The number of likely N-dealkylation sites (N-methyl/N-ethyl adjacent to an activating group) is 1. The SMILES string of the molecule is CC(C)Oc1c(-c2cn[nH]c2)ncn2nc(Nc3ccccc3F)nc12.CN(Cc1cc(N2CCC(N3CC(Oc4cccc(S(C)=O)c4)C3)CC2)ccc1C=O)C1CCC(=O)NC1=O. The van der Waals surface area contributed by atoms with E-state index in [1.165, 1.54) is 16.9 Å². The maximum absolute atomic E-state index is 13.9. The average Bonchev–Trinajstić information content (AvgIpc) is 3.97. The number of halogens is 1. The number of aromatic nitrogens is 6. The number of H-pyrrole nitrogens is 1. The highest BCUT2D eigenvalue weighted by Gasteiger charge is 2.36. The molecular formula is C46H52FN11O6S. The lowest BCUT2D eigenvalue weighted by molar-refractivity contribution is -0.137. The number of fused-ring (bicyclic) bond motifs is 1. The summed E-state index contributed by atoms with van der Waals surface area (Å²) in [4.78, 5) is 52.0. The Bertz CT molecular complexity index is 2670. The Morgan fingerprint density at radius 2 is 1.85 bits per heavy atom. The molecule has 17 nitrogen and oxygen atoms in total. The third-order valence-electron chi connectivity index (χ3n) is 11.7. The molecule has 2 amide bonds. The molecule has 6 heterocycles. The number of likely N-dealkylation sites (tertiary alicyclic amines) is 1. The number of carbonyl (C=O) groups excluding carboxylic acids is 3. The van der Waals surface area contributed by atoms with Gasteiger partial charge in [0.15, 0.2) is 5.75 Å². The normalized spacial score (nSPS) is 17.6. The summed E-state index contributed by atoms with van der Waals surface area (Å²) in [6.45, 7) is 7.94. The van der Waals surface area contributed by atoms with Gasteiger partial charge >= 0.3 is 0 Å². The maximum Gasteiger partial charge on any atom is 0.247 e. The third-order valence-corrected chi connectivity index (χ3v) is 12.6. The minimum Gasteiger partial charge on any atom is -0.488 e. The molecule has 6 aromatic rings. The van der Waals surface area contributed by atoms with Gasteiger partial charge in [-0.2, -0.15) is 14.6 Å². The van der Waals surface area contributed by atoms with E-state index in [1.807, 2.05) is 62.2 Å². The van der Waals surface area contributed by atoms with Crippen molar-refractivity contribution < 1.29 is 32.5 Å². The smallest absolute Gasteiger partial charge is 0.247 e. The number of hydrogen-bond donors (Lipinski definition) is 3. The molecule has 0 radical (unpaired) electrons. The number of hydrogen-bond acceptors (Lipinski definition) is 14. The van der Waals surface area contributed by atoms with Crippen LogP contribution in [0.25, 0.3) is 16.9 Å². The third kappa shape index (κ3) is 10.7. The summed E-state index contributed by atoms with van der Waals surface area (Å²) in [5.74, 6) is 0.615. The number of ether oxygens (including phenoxy) is 2. The van der Waals surface area contributed by atoms with E-state index < -0.39 is 10.8 Å². The minimum absolute atomic E-state index is 0.0895. The number of carbonyl (C=O) groups is 3. The van der Waals surface area contributed by atoms with Crippen molar-refractivity contribution in [3.63, 3.8) is 0 Å². The van der Waals surface area contributed by atoms with Gasteiger partial charge in [-0.15, -0.1) is 5.10 Å². The van der Waals surface area contributed by atoms with Crippen LogP contribution in [-0.4, -0.2) is 126 Å². The van der Waals surface area contributed by atoms with Gasteiger partial charge in [-0.25, -0.2) is 9.37 Å². The van der Waals surface area contributed by atoms with Crippen molar-refractivity contribution in [2.45, 2.75) is 75.3 Å². The average molecular weight is 906 g/mol. The van der Waals surface area contributed by atoms with Crippen LogP contribution in [0.2, 0.25) is 0 Å². The van der Waals surface area contributed by atoms with Gasteiger partial charge < -0.3 is 19.7 Å². The number of aldehydes is 1. The van der Waals surface area contributed by atoms with Crippen molar-refractivity contribution in [2.24, 2.45) is 0 Å². The van der Waals surface area contributed by atoms with Crippen LogP contribution < -0.4 is 25.0 Å². The van der Waals surface area contributed by atoms with E-state index >= 15 is 0 Å². The number of piperidine rings is 2. The number of benzene rings is 3. The fraction of sp³-hybridized carbons (Fsp3) is 0.370. The number of amides is 2. The lowest BCUT2D eigenvalue weighted by Gasteiger charge is -2.47. The summed E-state index contributed by atoms with van der Waals surface area (Å²) in [7, 11) is 0.839. The molecule has 3 fully saturated rings. The van der Waals surface area contributed by atoms with E-state index in [4.69, 9.17) is 9.47 Å². The topological polar surface area (TPSA) is 192 Å². The lowest BCUT2D eigenvalue weighted by atomic mass is 9.97. The second kappa shape index (κ2) is 20.1. The molecule has 0 aliphatic carbocycles. The van der Waals surface area contributed by atoms with Crippen LogP contribution >= 0.6 is 0 Å². The molecule has 3 aliphatic rings. The first kappa shape index (κ1) is 45.0. The molecule has 340 valence electrons. The van der Waals surface area contributed by atoms with Crippen LogP contribution in [0.4, 0.5) is 21.7 Å². The number of rotatable bonds is 14. The Hall–Kier alpha value is -6.57. The highest BCUT2D eigenvalue weighted by molar-refractivity contribution is 7.84. The van der Waals surface area contributed by atoms with Gasteiger partial charge in [-0.1, -0.05) is 18.2 Å². The van der Waals surface area contributed by atoms with Crippen LogP contribution in [0, 0.1) is 5.82 Å². The molecule has 3 aliphatic heterocycles. The molecule has 2 atom stereocenters. The van der Waals surface area contributed by atoms with Crippen LogP contribution in [0.3, 0.4) is 0 Å². The number of anilines is 3. The van der Waals surface area contributed by atoms with Crippen molar-refractivity contribution >= 4 is 51.9 Å². The molecule has 65 heavy (non-hydrogen) atoms. The number of imide groups is 1. The predicted molar refractivity (Wildman–Crippen MR) is 243 cm³/mol. The summed E-state index contributed by atoms with van der Waals surface area (Å²) in [5, 5.41) is 16.3. The highest BCUT2D eigenvalue weighted by atomic mass is 32.2. The molecule has 9 rings (SSSR count). The summed E-state index contributed by atoms with van der Waals surface area (Å²) in [6.07, 6.45) is 10.4. The van der Waals surface area contributed by atoms with Crippen LogP contribution in [0.5, 0.6) is 11.5 Å². The zero-order valence-electron chi connectivity index (χ0n) is 36.6. The first-order valence-electron chi connectivity index (χ1n) is 21.6. The Morgan fingerprint density at radius 3 is 2.55 bits per heavy atom. The molecule has 19 heteroatoms. The number of aromatic amines is 1. The Labute approximate surface area is 378 Å². The molecule has 0 spiro atoms. The van der Waals surface area contributed by atoms with Crippen molar-refractivity contribution in [1.29, 1.82) is 0 Å². The fourth-order valence-electron chi connectivity index (χ4n) is 8.27. The summed E-state index contributed by atoms with van der Waals surface area (Å²) < 4.78 is 39.1. The Morgan fingerprint density at radius 1 is 1.05 bits per heavy atom. The van der Waals surface area contributed by atoms with Gasteiger partial charge in [-0.05, 0) is 94.3 Å². The quantitative estimate of drug-likeness (QED) is 0.0931. The fourth-order valence-corrected chi connectivity index (χ4v) is 8.83. The highest BCUT2D eigenvalue weighted by Crippen LogP contribution is 2.33. The zero-order valence-corrected chi connectivity index (χ0v) is 37.5. The lowest BCUT2D eigenvalue weighted by Crippen LogP contribution is -2.59. The van der Waals surface area contributed by atoms with E-state index in [1.54, 1.807) is 36.8 Å². The largest absolute Gasteiger partial charge is 0.488 e. The summed E-state index contributed by atoms with van der Waals surface area (Å²) in [5.41, 5.74) is 4.73. The van der Waals surface area contributed by atoms with Gasteiger partial charge in [0, 0.05) is 90.1 Å². The maximum atomic E-state index is 13.9. The first-order chi connectivity index (χ1) is 31.4. The zero-order chi connectivity index (χ0) is 45.6. The van der Waals surface area contributed by atoms with E-state index in [-0.39, 0.29) is 47.5 Å². The molecule has 3 aromatic heterocycles. The minimum atomic E-state index is -1.02. The van der Waals surface area contributed by atoms with Gasteiger partial charge in [0.2, 0.25) is 23.4 Å². The molecule has 3 aromatic carbocycles. The summed E-state index contributed by atoms with van der Waals surface area (Å²) >= 11 is 0. The first-order valence-corrected chi connectivity index (χ1v) is 23.1. The van der Waals surface area contributed by atoms with Gasteiger partial charge in [-0.3, -0.25) is 38.8 Å². The Kier molecular flexibility index (Phi) is 13.9. The molecule has 0 bridgehead atoms. The standard InChI is InChI=1S/C29H36N4O5S.C17H16FN7O/c1-31(27-8-9-28(35)30-29(27)36)16-21-14-23(7-6-20(21)19-34)32-12-10-22(11-13-32)33-17-25(18-33)38-24-4-3-5-26(15-24)39(2)37;1-10(2)26-15-14(11-7-20-21-8-11)19-9-25-16(15)23-17(24-25)22-13-6-4-3-5-12(13)18/h3-7,14-15,19,22,25,27H,8-13,16-18H2,1-2H3,(H,30,35,36);3-10H,1-2H3,(H,20,21)(H,22,24). The van der Waals surface area contributed by atoms with Crippen molar-refractivity contribution in [3.8, 4) is 22.8 Å². The number of para-hydroxylation sites is 1. The van der Waals surface area contributed by atoms with Crippen molar-refractivity contribution in [1.82, 2.24) is 44.9 Å². The van der Waals surface area contributed by atoms with Gasteiger partial charge in [0.05, 0.1) is 24.0 Å². The number of nitrogens with one attached hydrogen (secondary N) is 3. The van der Waals surface area contributed by atoms with Crippen molar-refractivity contribution in [2.75, 3.05) is 49.7 Å². The van der Waals surface area contributed by atoms with Crippen LogP contribution in [-0.2, 0) is 26.9 Å². The van der Waals surface area contributed by atoms with Crippen molar-refractivity contribution in [3.05, 3.63) is 102 Å². The predicted octanol–water partition coefficient (Wildman–Crippen LogP) is 5.39. The van der Waals surface area contributed by atoms with Gasteiger partial charge in [0.25, 0.3) is 0 Å². The molecule has 0 saturated carbocycles. The van der Waals surface area contributed by atoms with Crippen LogP contribution in [0.1, 0.15) is 55.5 Å². The monoisotopic (exact) mass is 905 g/mol. The number of nitrogens with zero attached hydrogens (tertiary/aromatic N) is 8. The van der Waals surface area contributed by atoms with Gasteiger partial charge in [0.1, 0.15) is 36.0 Å². The second-order valence-corrected chi connectivity index (χ2v) is 18.0. The van der Waals surface area contributed by atoms with E-state index in [9.17, 15) is 23.0 Å². The second-order valence-electron chi connectivity index (χ2n) is 16.6. The molecular weight excluding hydrogens is 854 g/mol. The molecule has 2 unspecified atom stereocenters. The van der Waals surface area contributed by atoms with E-state index in [2.05, 4.69) is 51.8 Å². The Balaban J connectivity index is 0.000000192.